The zero-order chi connectivity index (χ0) is 19.9. The molecule has 0 atom stereocenters. The van der Waals surface area contributed by atoms with Crippen LogP contribution >= 0.6 is 0 Å². The molecule has 0 spiro atoms. The van der Waals surface area contributed by atoms with E-state index in [2.05, 4.69) is 9.44 Å². The van der Waals surface area contributed by atoms with Gasteiger partial charge in [-0.3, -0.25) is 0 Å². The van der Waals surface area contributed by atoms with Gasteiger partial charge in [0.25, 0.3) is 0 Å². The van der Waals surface area contributed by atoms with Crippen LogP contribution in [0.4, 0.5) is 8.78 Å². The molecule has 27 heavy (non-hydrogen) atoms. The van der Waals surface area contributed by atoms with Crippen LogP contribution in [0.1, 0.15) is 17.5 Å². The molecule has 0 aliphatic rings. The number of rotatable bonds is 10. The SMILES string of the molecule is O=S(=O)(Cc1cccc(F)c1)NCCCNS(=O)(=O)Cc1cccc(F)c1. The predicted molar refractivity (Wildman–Crippen MR) is 98.7 cm³/mol. The van der Waals surface area contributed by atoms with Crippen molar-refractivity contribution in [2.45, 2.75) is 17.9 Å². The third kappa shape index (κ3) is 8.12. The van der Waals surface area contributed by atoms with Gasteiger partial charge in [-0.25, -0.2) is 35.1 Å². The van der Waals surface area contributed by atoms with Gasteiger partial charge in [-0.15, -0.1) is 0 Å². The van der Waals surface area contributed by atoms with Gasteiger partial charge in [0.05, 0.1) is 11.5 Å². The first-order valence-corrected chi connectivity index (χ1v) is 11.4. The van der Waals surface area contributed by atoms with Gasteiger partial charge in [0.15, 0.2) is 0 Å². The highest BCUT2D eigenvalue weighted by molar-refractivity contribution is 7.89. The van der Waals surface area contributed by atoms with Crippen molar-refractivity contribution in [1.82, 2.24) is 9.44 Å². The van der Waals surface area contributed by atoms with Crippen LogP contribution in [0.15, 0.2) is 48.5 Å². The van der Waals surface area contributed by atoms with Crippen molar-refractivity contribution in [3.05, 3.63) is 71.3 Å². The highest BCUT2D eigenvalue weighted by Crippen LogP contribution is 2.08. The molecular weight excluding hydrogens is 398 g/mol. The molecule has 0 bridgehead atoms. The van der Waals surface area contributed by atoms with E-state index in [1.165, 1.54) is 36.4 Å². The monoisotopic (exact) mass is 418 g/mol. The van der Waals surface area contributed by atoms with E-state index >= 15 is 0 Å². The van der Waals surface area contributed by atoms with Crippen LogP contribution in [-0.4, -0.2) is 29.9 Å². The molecule has 2 aromatic rings. The average Bonchev–Trinajstić information content (AvgIpc) is 2.53. The summed E-state index contributed by atoms with van der Waals surface area (Å²) < 4.78 is 78.6. The molecule has 6 nitrogen and oxygen atoms in total. The molecule has 0 aliphatic carbocycles. The van der Waals surface area contributed by atoms with Crippen molar-refractivity contribution < 1.29 is 25.6 Å². The van der Waals surface area contributed by atoms with Gasteiger partial charge in [0.2, 0.25) is 20.0 Å². The first kappa shape index (κ1) is 21.4. The zero-order valence-corrected chi connectivity index (χ0v) is 16.0. The van der Waals surface area contributed by atoms with E-state index in [1.54, 1.807) is 0 Å². The summed E-state index contributed by atoms with van der Waals surface area (Å²) in [6, 6.07) is 10.6. The highest BCUT2D eigenvalue weighted by Gasteiger charge is 2.13. The van der Waals surface area contributed by atoms with Crippen LogP contribution in [0.25, 0.3) is 0 Å². The Morgan fingerprint density at radius 3 is 1.48 bits per heavy atom. The number of nitrogens with one attached hydrogen (secondary N) is 2. The lowest BCUT2D eigenvalue weighted by atomic mass is 10.2. The third-order valence-corrected chi connectivity index (χ3v) is 6.20. The van der Waals surface area contributed by atoms with E-state index in [-0.39, 0.29) is 31.0 Å². The maximum atomic E-state index is 13.1. The van der Waals surface area contributed by atoms with E-state index < -0.39 is 31.7 Å². The second kappa shape index (κ2) is 9.36. The van der Waals surface area contributed by atoms with E-state index in [1.807, 2.05) is 0 Å². The van der Waals surface area contributed by atoms with Crippen molar-refractivity contribution in [3.8, 4) is 0 Å². The van der Waals surface area contributed by atoms with E-state index in [0.29, 0.717) is 11.1 Å². The van der Waals surface area contributed by atoms with Crippen molar-refractivity contribution in [3.63, 3.8) is 0 Å². The number of hydrogen-bond donors (Lipinski definition) is 2. The topological polar surface area (TPSA) is 92.3 Å². The summed E-state index contributed by atoms with van der Waals surface area (Å²) in [7, 11) is -7.31. The Morgan fingerprint density at radius 1 is 0.704 bits per heavy atom. The lowest BCUT2D eigenvalue weighted by Gasteiger charge is -2.09. The minimum Gasteiger partial charge on any atom is -0.215 e. The lowest BCUT2D eigenvalue weighted by molar-refractivity contribution is 0.571. The lowest BCUT2D eigenvalue weighted by Crippen LogP contribution is -2.31. The van der Waals surface area contributed by atoms with Gasteiger partial charge in [-0.1, -0.05) is 24.3 Å². The summed E-state index contributed by atoms with van der Waals surface area (Å²) in [5.41, 5.74) is 0.636. The zero-order valence-electron chi connectivity index (χ0n) is 14.4. The smallest absolute Gasteiger partial charge is 0.215 e. The second-order valence-corrected chi connectivity index (χ2v) is 9.53. The molecule has 0 aromatic heterocycles. The third-order valence-electron chi connectivity index (χ3n) is 3.49. The van der Waals surface area contributed by atoms with Crippen molar-refractivity contribution in [1.29, 1.82) is 0 Å². The molecule has 0 heterocycles. The Morgan fingerprint density at radius 2 is 1.11 bits per heavy atom. The highest BCUT2D eigenvalue weighted by atomic mass is 32.2. The summed E-state index contributed by atoms with van der Waals surface area (Å²) in [5.74, 6) is -1.77. The molecule has 2 rings (SSSR count). The molecule has 0 amide bonds. The molecule has 2 aromatic carbocycles. The van der Waals surface area contributed by atoms with Gasteiger partial charge in [0.1, 0.15) is 11.6 Å². The Balaban J connectivity index is 1.74. The van der Waals surface area contributed by atoms with E-state index in [9.17, 15) is 25.6 Å². The summed E-state index contributed by atoms with van der Waals surface area (Å²) in [6.07, 6.45) is 0.227. The number of benzene rings is 2. The van der Waals surface area contributed by atoms with Crippen LogP contribution in [0.2, 0.25) is 0 Å². The van der Waals surface area contributed by atoms with Gasteiger partial charge in [0, 0.05) is 13.1 Å². The van der Waals surface area contributed by atoms with Crippen molar-refractivity contribution in [2.75, 3.05) is 13.1 Å². The first-order chi connectivity index (χ1) is 12.7. The van der Waals surface area contributed by atoms with Crippen LogP contribution < -0.4 is 9.44 Å². The molecule has 0 saturated heterocycles. The Hall–Kier alpha value is -1.88. The summed E-state index contributed by atoms with van der Waals surface area (Å²) >= 11 is 0. The summed E-state index contributed by atoms with van der Waals surface area (Å²) in [6.45, 7) is 0.0558. The minimum atomic E-state index is -3.66. The quantitative estimate of drug-likeness (QED) is 0.577. The predicted octanol–water partition coefficient (Wildman–Crippen LogP) is 1.89. The number of sulfonamides is 2. The normalized spacial score (nSPS) is 12.2. The standard InChI is InChI=1S/C17H20F2N2O4S2/c18-16-6-1-4-14(10-16)12-26(22,23)20-8-3-9-21-27(24,25)13-15-5-2-7-17(19)11-15/h1-2,4-7,10-11,20-21H,3,8-9,12-13H2. The first-order valence-electron chi connectivity index (χ1n) is 8.09. The van der Waals surface area contributed by atoms with Crippen LogP contribution in [0.5, 0.6) is 0 Å². The summed E-state index contributed by atoms with van der Waals surface area (Å²) in [5, 5.41) is 0. The van der Waals surface area contributed by atoms with Crippen LogP contribution in [-0.2, 0) is 31.6 Å². The number of halogens is 2. The Labute approximate surface area is 157 Å². The van der Waals surface area contributed by atoms with E-state index in [4.69, 9.17) is 0 Å². The minimum absolute atomic E-state index is 0.0279. The van der Waals surface area contributed by atoms with Gasteiger partial charge in [-0.05, 0) is 41.8 Å². The maximum Gasteiger partial charge on any atom is 0.215 e. The molecular formula is C17H20F2N2O4S2. The fourth-order valence-corrected chi connectivity index (χ4v) is 4.69. The Kier molecular flexibility index (Phi) is 7.42. The average molecular weight is 418 g/mol. The summed E-state index contributed by atoms with van der Waals surface area (Å²) in [4.78, 5) is 0. The van der Waals surface area contributed by atoms with Crippen LogP contribution in [0, 0.1) is 11.6 Å². The van der Waals surface area contributed by atoms with Gasteiger partial charge in [-0.2, -0.15) is 0 Å². The molecule has 148 valence electrons. The second-order valence-electron chi connectivity index (χ2n) is 5.92. The van der Waals surface area contributed by atoms with Crippen molar-refractivity contribution in [2.24, 2.45) is 0 Å². The molecule has 0 aliphatic heterocycles. The van der Waals surface area contributed by atoms with Gasteiger partial charge < -0.3 is 0 Å². The fraction of sp³-hybridized carbons (Fsp3) is 0.294. The molecule has 0 fully saturated rings. The molecule has 0 saturated carbocycles. The largest absolute Gasteiger partial charge is 0.215 e. The molecule has 2 N–H and O–H groups in total. The van der Waals surface area contributed by atoms with E-state index in [0.717, 1.165) is 12.1 Å². The fourth-order valence-electron chi connectivity index (χ4n) is 2.34. The van der Waals surface area contributed by atoms with Gasteiger partial charge >= 0.3 is 0 Å². The van der Waals surface area contributed by atoms with Crippen molar-refractivity contribution >= 4 is 20.0 Å². The Bertz CT molecular complexity index is 900. The maximum absolute atomic E-state index is 13.1. The van der Waals surface area contributed by atoms with Crippen LogP contribution in [0.3, 0.4) is 0 Å². The molecule has 10 heteroatoms. The molecule has 0 radical (unpaired) electrons. The molecule has 0 unspecified atom stereocenters. The number of hydrogen-bond acceptors (Lipinski definition) is 4.